The molecule has 0 amide bonds. The summed E-state index contributed by atoms with van der Waals surface area (Å²) >= 11 is 0. The maximum absolute atomic E-state index is 11.4. The molecule has 1 fully saturated rings. The van der Waals surface area contributed by atoms with Crippen molar-refractivity contribution in [2.45, 2.75) is 45.2 Å². The summed E-state index contributed by atoms with van der Waals surface area (Å²) in [5.41, 5.74) is 2.26. The smallest absolute Gasteiger partial charge is 0.326 e. The largest absolute Gasteiger partial charge is 0.480 e. The van der Waals surface area contributed by atoms with Crippen molar-refractivity contribution in [2.24, 2.45) is 0 Å². The number of benzene rings is 1. The molecule has 5 nitrogen and oxygen atoms in total. The van der Waals surface area contributed by atoms with Gasteiger partial charge in [-0.1, -0.05) is 30.3 Å². The predicted octanol–water partition coefficient (Wildman–Crippen LogP) is 2.88. The van der Waals surface area contributed by atoms with E-state index in [1.807, 2.05) is 28.6 Å². The van der Waals surface area contributed by atoms with Gasteiger partial charge in [-0.3, -0.25) is 0 Å². The van der Waals surface area contributed by atoms with Crippen molar-refractivity contribution >= 4 is 11.8 Å². The molecule has 23 heavy (non-hydrogen) atoms. The van der Waals surface area contributed by atoms with Crippen LogP contribution in [-0.4, -0.2) is 33.4 Å². The number of hydrogen-bond donors (Lipinski definition) is 1. The maximum atomic E-state index is 11.4. The standard InChI is InChI=1S/C18H23N3O2/c1-14-13-17(20-11-6-10-16(20)18(22)23)21(19-14)12-5-9-15-7-3-2-4-8-15/h2-4,7-8,13,16H,5-6,9-12H2,1H3,(H,22,23). The van der Waals surface area contributed by atoms with Crippen LogP contribution in [-0.2, 0) is 17.8 Å². The van der Waals surface area contributed by atoms with Crippen molar-refractivity contribution in [2.75, 3.05) is 11.4 Å². The predicted molar refractivity (Wildman–Crippen MR) is 89.7 cm³/mol. The van der Waals surface area contributed by atoms with E-state index in [1.165, 1.54) is 5.56 Å². The summed E-state index contributed by atoms with van der Waals surface area (Å²) in [6.07, 6.45) is 3.63. The Bertz CT molecular complexity index is 666. The monoisotopic (exact) mass is 313 g/mol. The molecular weight excluding hydrogens is 290 g/mol. The number of nitrogens with zero attached hydrogens (tertiary/aromatic N) is 3. The molecule has 2 heterocycles. The Balaban J connectivity index is 1.69. The van der Waals surface area contributed by atoms with Gasteiger partial charge in [0.25, 0.3) is 0 Å². The molecule has 2 aromatic rings. The number of aromatic nitrogens is 2. The molecule has 1 aliphatic rings. The Morgan fingerprint density at radius 3 is 2.87 bits per heavy atom. The van der Waals surface area contributed by atoms with E-state index in [-0.39, 0.29) is 0 Å². The van der Waals surface area contributed by atoms with Crippen LogP contribution in [0.3, 0.4) is 0 Å². The summed E-state index contributed by atoms with van der Waals surface area (Å²) in [6, 6.07) is 12.0. The number of aryl methyl sites for hydroxylation is 3. The average molecular weight is 313 g/mol. The van der Waals surface area contributed by atoms with Gasteiger partial charge < -0.3 is 10.0 Å². The highest BCUT2D eigenvalue weighted by molar-refractivity contribution is 5.78. The van der Waals surface area contributed by atoms with Gasteiger partial charge in [0.1, 0.15) is 11.9 Å². The fraction of sp³-hybridized carbons (Fsp3) is 0.444. The number of rotatable bonds is 6. The Morgan fingerprint density at radius 1 is 1.35 bits per heavy atom. The molecule has 0 spiro atoms. The lowest BCUT2D eigenvalue weighted by molar-refractivity contribution is -0.138. The quantitative estimate of drug-likeness (QED) is 0.891. The van der Waals surface area contributed by atoms with E-state index in [0.717, 1.165) is 43.9 Å². The maximum Gasteiger partial charge on any atom is 0.326 e. The second-order valence-electron chi connectivity index (χ2n) is 6.15. The first-order valence-electron chi connectivity index (χ1n) is 8.23. The Hall–Kier alpha value is -2.30. The number of carboxylic acid groups (broad SMARTS) is 1. The normalized spacial score (nSPS) is 17.6. The zero-order chi connectivity index (χ0) is 16.2. The van der Waals surface area contributed by atoms with E-state index < -0.39 is 12.0 Å². The number of carboxylic acids is 1. The Kier molecular flexibility index (Phi) is 4.65. The zero-order valence-electron chi connectivity index (χ0n) is 13.5. The van der Waals surface area contributed by atoms with Crippen LogP contribution in [0.1, 0.15) is 30.5 Å². The van der Waals surface area contributed by atoms with Gasteiger partial charge in [-0.05, 0) is 38.2 Å². The first kappa shape index (κ1) is 15.6. The van der Waals surface area contributed by atoms with Gasteiger partial charge in [0.05, 0.1) is 5.69 Å². The average Bonchev–Trinajstić information content (AvgIpc) is 3.14. The second-order valence-corrected chi connectivity index (χ2v) is 6.15. The van der Waals surface area contributed by atoms with Crippen LogP contribution < -0.4 is 4.90 Å². The summed E-state index contributed by atoms with van der Waals surface area (Å²) < 4.78 is 1.97. The Morgan fingerprint density at radius 2 is 2.13 bits per heavy atom. The summed E-state index contributed by atoms with van der Waals surface area (Å²) in [4.78, 5) is 13.4. The first-order chi connectivity index (χ1) is 11.1. The number of anilines is 1. The molecule has 5 heteroatoms. The lowest BCUT2D eigenvalue weighted by Crippen LogP contribution is -2.37. The molecule has 1 saturated heterocycles. The van der Waals surface area contributed by atoms with E-state index in [9.17, 15) is 9.90 Å². The molecule has 1 aliphatic heterocycles. The van der Waals surface area contributed by atoms with Crippen LogP contribution >= 0.6 is 0 Å². The molecule has 1 N–H and O–H groups in total. The minimum Gasteiger partial charge on any atom is -0.480 e. The van der Waals surface area contributed by atoms with Crippen LogP contribution in [0.25, 0.3) is 0 Å². The molecule has 0 aliphatic carbocycles. The van der Waals surface area contributed by atoms with Crippen molar-refractivity contribution < 1.29 is 9.90 Å². The molecule has 0 radical (unpaired) electrons. The van der Waals surface area contributed by atoms with Crippen molar-refractivity contribution in [3.8, 4) is 0 Å². The summed E-state index contributed by atoms with van der Waals surface area (Å²) in [6.45, 7) is 3.56. The van der Waals surface area contributed by atoms with E-state index in [4.69, 9.17) is 0 Å². The highest BCUT2D eigenvalue weighted by Crippen LogP contribution is 2.27. The van der Waals surface area contributed by atoms with Crippen LogP contribution in [0.4, 0.5) is 5.82 Å². The SMILES string of the molecule is Cc1cc(N2CCCC2C(=O)O)n(CCCc2ccccc2)n1. The van der Waals surface area contributed by atoms with Gasteiger partial charge in [-0.15, -0.1) is 0 Å². The van der Waals surface area contributed by atoms with Gasteiger partial charge in [0.15, 0.2) is 0 Å². The van der Waals surface area contributed by atoms with Crippen LogP contribution in [0.15, 0.2) is 36.4 Å². The van der Waals surface area contributed by atoms with Crippen LogP contribution in [0.5, 0.6) is 0 Å². The van der Waals surface area contributed by atoms with Crippen LogP contribution in [0, 0.1) is 6.92 Å². The third kappa shape index (κ3) is 3.55. The van der Waals surface area contributed by atoms with E-state index in [0.29, 0.717) is 6.42 Å². The van der Waals surface area contributed by atoms with Gasteiger partial charge in [-0.2, -0.15) is 5.10 Å². The molecular formula is C18H23N3O2. The van der Waals surface area contributed by atoms with Gasteiger partial charge in [0.2, 0.25) is 0 Å². The second kappa shape index (κ2) is 6.86. The third-order valence-corrected chi connectivity index (χ3v) is 4.39. The lowest BCUT2D eigenvalue weighted by Gasteiger charge is -2.24. The van der Waals surface area contributed by atoms with Gasteiger partial charge in [0, 0.05) is 19.2 Å². The molecule has 122 valence electrons. The van der Waals surface area contributed by atoms with Gasteiger partial charge in [-0.25, -0.2) is 9.48 Å². The van der Waals surface area contributed by atoms with Crippen LogP contribution in [0.2, 0.25) is 0 Å². The summed E-state index contributed by atoms with van der Waals surface area (Å²) in [5.74, 6) is 0.206. The highest BCUT2D eigenvalue weighted by atomic mass is 16.4. The van der Waals surface area contributed by atoms with E-state index in [1.54, 1.807) is 0 Å². The van der Waals surface area contributed by atoms with Gasteiger partial charge >= 0.3 is 5.97 Å². The third-order valence-electron chi connectivity index (χ3n) is 4.39. The molecule has 3 rings (SSSR count). The van der Waals surface area contributed by atoms with Crippen molar-refractivity contribution in [1.82, 2.24) is 9.78 Å². The highest BCUT2D eigenvalue weighted by Gasteiger charge is 2.32. The number of carbonyl (C=O) groups is 1. The minimum atomic E-state index is -0.739. The minimum absolute atomic E-state index is 0.418. The zero-order valence-corrected chi connectivity index (χ0v) is 13.5. The van der Waals surface area contributed by atoms with E-state index in [2.05, 4.69) is 29.4 Å². The molecule has 0 bridgehead atoms. The fourth-order valence-corrected chi connectivity index (χ4v) is 3.30. The molecule has 0 saturated carbocycles. The molecule has 1 unspecified atom stereocenters. The summed E-state index contributed by atoms with van der Waals surface area (Å²) in [7, 11) is 0. The topological polar surface area (TPSA) is 58.4 Å². The van der Waals surface area contributed by atoms with Crippen molar-refractivity contribution in [3.63, 3.8) is 0 Å². The Labute approximate surface area is 136 Å². The molecule has 1 aromatic heterocycles. The van der Waals surface area contributed by atoms with E-state index >= 15 is 0 Å². The first-order valence-corrected chi connectivity index (χ1v) is 8.23. The number of aliphatic carboxylic acids is 1. The fourth-order valence-electron chi connectivity index (χ4n) is 3.30. The summed E-state index contributed by atoms with van der Waals surface area (Å²) in [5, 5.41) is 14.0. The van der Waals surface area contributed by atoms with Crippen molar-refractivity contribution in [3.05, 3.63) is 47.7 Å². The number of hydrogen-bond acceptors (Lipinski definition) is 3. The van der Waals surface area contributed by atoms with Crippen molar-refractivity contribution in [1.29, 1.82) is 0 Å². The lowest BCUT2D eigenvalue weighted by atomic mass is 10.1. The molecule has 1 atom stereocenters. The molecule has 1 aromatic carbocycles.